The highest BCUT2D eigenvalue weighted by molar-refractivity contribution is 5.85. The molecule has 4 atom stereocenters. The molecule has 13 nitrogen and oxygen atoms in total. The van der Waals surface area contributed by atoms with Crippen molar-refractivity contribution in [2.45, 2.75) is 24.5 Å². The number of nitrogens with one attached hydrogen (secondary N) is 1. The van der Waals surface area contributed by atoms with Crippen molar-refractivity contribution in [1.82, 2.24) is 19.5 Å². The lowest BCUT2D eigenvalue weighted by molar-refractivity contribution is -0.0501. The molecule has 0 aliphatic carbocycles. The number of aliphatic hydroxyl groups excluding tert-OH is 3. The number of hydrazone groups is 1. The fourth-order valence-corrected chi connectivity index (χ4v) is 3.28. The van der Waals surface area contributed by atoms with Gasteiger partial charge in [0.1, 0.15) is 24.6 Å². The minimum absolute atomic E-state index is 0.00665. The molecule has 3 heterocycles. The Balaban J connectivity index is 1.69. The van der Waals surface area contributed by atoms with Crippen molar-refractivity contribution in [2.75, 3.05) is 24.9 Å². The molecule has 0 radical (unpaired) electrons. The van der Waals surface area contributed by atoms with Crippen molar-refractivity contribution in [3.63, 3.8) is 0 Å². The summed E-state index contributed by atoms with van der Waals surface area (Å²) in [5, 5.41) is 43.8. The van der Waals surface area contributed by atoms with Crippen LogP contribution in [0.5, 0.6) is 11.5 Å². The normalized spacial score (nSPS) is 23.6. The highest BCUT2D eigenvalue weighted by Crippen LogP contribution is 2.35. The quantitative estimate of drug-likeness (QED) is 0.211. The number of aliphatic hydroxyl groups is 3. The Kier molecular flexibility index (Phi) is 5.56. The molecule has 4 rings (SSSR count). The fraction of sp³-hybridized carbons (Fsp3) is 0.333. The first-order valence-corrected chi connectivity index (χ1v) is 9.21. The summed E-state index contributed by atoms with van der Waals surface area (Å²) < 4.78 is 12.1. The standard InChI is InChI=1S/C18H21N7O6/c1-30-10-4-8(2-3-9(10)27)5-22-24-18-23-12-15(19)20-7-21-16(12)25(18)17-14(29)13(28)11(6-26)31-17/h2-5,7,11,13-14,17,26-29H,6H2,1H3,(H,23,24)(H2,19,20,21)/b22-5+/t11-,13-,14-,17-/m0/s1. The summed E-state index contributed by atoms with van der Waals surface area (Å²) in [4.78, 5) is 12.4. The van der Waals surface area contributed by atoms with Crippen LogP contribution in [-0.4, -0.2) is 78.2 Å². The van der Waals surface area contributed by atoms with Crippen LogP contribution in [0.25, 0.3) is 11.2 Å². The van der Waals surface area contributed by atoms with Crippen LogP contribution in [0.3, 0.4) is 0 Å². The maximum Gasteiger partial charge on any atom is 0.228 e. The Bertz CT molecular complexity index is 1120. The number of aromatic nitrogens is 4. The molecule has 1 aliphatic heterocycles. The molecule has 1 aromatic carbocycles. The molecule has 0 amide bonds. The molecular formula is C18H21N7O6. The number of fused-ring (bicyclic) bond motifs is 1. The number of rotatable bonds is 6. The summed E-state index contributed by atoms with van der Waals surface area (Å²) in [6.07, 6.45) is -2.09. The largest absolute Gasteiger partial charge is 0.504 e. The Morgan fingerprint density at radius 2 is 2.13 bits per heavy atom. The molecule has 1 aliphatic rings. The van der Waals surface area contributed by atoms with Crippen LogP contribution in [0.2, 0.25) is 0 Å². The first kappa shape index (κ1) is 20.7. The van der Waals surface area contributed by atoms with Crippen LogP contribution in [0.15, 0.2) is 29.6 Å². The molecule has 0 bridgehead atoms. The zero-order chi connectivity index (χ0) is 22.1. The minimum atomic E-state index is -1.36. The van der Waals surface area contributed by atoms with E-state index in [1.165, 1.54) is 30.3 Å². The average Bonchev–Trinajstić information content (AvgIpc) is 3.27. The van der Waals surface area contributed by atoms with Gasteiger partial charge in [-0.25, -0.2) is 20.4 Å². The molecule has 3 aromatic rings. The number of nitrogens with two attached hydrogens (primary N) is 1. The van der Waals surface area contributed by atoms with E-state index in [1.54, 1.807) is 12.1 Å². The number of benzene rings is 1. The number of hydrogen-bond donors (Lipinski definition) is 6. The van der Waals surface area contributed by atoms with Crippen LogP contribution < -0.4 is 15.9 Å². The van der Waals surface area contributed by atoms with Crippen molar-refractivity contribution in [1.29, 1.82) is 0 Å². The van der Waals surface area contributed by atoms with Crippen molar-refractivity contribution in [2.24, 2.45) is 5.10 Å². The van der Waals surface area contributed by atoms with Gasteiger partial charge < -0.3 is 35.6 Å². The van der Waals surface area contributed by atoms with E-state index in [2.05, 4.69) is 25.5 Å². The third-order valence-corrected chi connectivity index (χ3v) is 4.86. The van der Waals surface area contributed by atoms with Gasteiger partial charge in [0, 0.05) is 0 Å². The monoisotopic (exact) mass is 431 g/mol. The number of phenolic OH excluding ortho intramolecular Hbond substituents is 1. The highest BCUT2D eigenvalue weighted by atomic mass is 16.6. The van der Waals surface area contributed by atoms with E-state index in [9.17, 15) is 20.4 Å². The Morgan fingerprint density at radius 3 is 2.84 bits per heavy atom. The number of hydrogen-bond acceptors (Lipinski definition) is 12. The number of ether oxygens (including phenoxy) is 2. The lowest BCUT2D eigenvalue weighted by Gasteiger charge is -2.18. The van der Waals surface area contributed by atoms with Gasteiger partial charge in [0.05, 0.1) is 19.9 Å². The molecule has 1 fully saturated rings. The summed E-state index contributed by atoms with van der Waals surface area (Å²) in [5.74, 6) is 0.489. The zero-order valence-electron chi connectivity index (χ0n) is 16.3. The SMILES string of the molecule is COc1cc(/C=N/Nc2nc3c(N)ncnc3n2[C@H]2O[C@@H](CO)[C@H](O)[C@@H]2O)ccc1O. The van der Waals surface area contributed by atoms with Gasteiger partial charge in [0.15, 0.2) is 34.7 Å². The van der Waals surface area contributed by atoms with Gasteiger partial charge >= 0.3 is 0 Å². The molecule has 7 N–H and O–H groups in total. The summed E-state index contributed by atoms with van der Waals surface area (Å²) in [6.45, 7) is -0.484. The van der Waals surface area contributed by atoms with Crippen LogP contribution in [-0.2, 0) is 4.74 Å². The van der Waals surface area contributed by atoms with E-state index in [4.69, 9.17) is 15.2 Å². The van der Waals surface area contributed by atoms with Gasteiger partial charge in [-0.15, -0.1) is 0 Å². The van der Waals surface area contributed by atoms with E-state index in [-0.39, 0.29) is 34.4 Å². The summed E-state index contributed by atoms with van der Waals surface area (Å²) in [5.41, 5.74) is 9.73. The van der Waals surface area contributed by atoms with Gasteiger partial charge in [0.25, 0.3) is 0 Å². The number of nitrogens with zero attached hydrogens (tertiary/aromatic N) is 5. The average molecular weight is 431 g/mol. The predicted octanol–water partition coefficient (Wildman–Crippen LogP) is -0.820. The highest BCUT2D eigenvalue weighted by Gasteiger charge is 2.45. The number of imidazole rings is 1. The Morgan fingerprint density at radius 1 is 1.32 bits per heavy atom. The number of nitrogen functional groups attached to an aromatic ring is 1. The van der Waals surface area contributed by atoms with Crippen LogP contribution >= 0.6 is 0 Å². The second kappa shape index (κ2) is 8.31. The molecule has 1 saturated heterocycles. The molecule has 164 valence electrons. The lowest BCUT2D eigenvalue weighted by Crippen LogP contribution is -2.33. The van der Waals surface area contributed by atoms with E-state index < -0.39 is 31.1 Å². The molecule has 31 heavy (non-hydrogen) atoms. The van der Waals surface area contributed by atoms with E-state index in [1.807, 2.05) is 0 Å². The van der Waals surface area contributed by atoms with Crippen LogP contribution in [0, 0.1) is 0 Å². The third kappa shape index (κ3) is 3.70. The molecule has 13 heteroatoms. The topological polar surface area (TPSA) is 193 Å². The van der Waals surface area contributed by atoms with Gasteiger partial charge in [-0.05, 0) is 23.8 Å². The van der Waals surface area contributed by atoms with Gasteiger partial charge in [-0.1, -0.05) is 0 Å². The second-order valence-electron chi connectivity index (χ2n) is 6.77. The van der Waals surface area contributed by atoms with Crippen molar-refractivity contribution >= 4 is 29.1 Å². The molecule has 2 aromatic heterocycles. The van der Waals surface area contributed by atoms with Crippen molar-refractivity contribution in [3.05, 3.63) is 30.1 Å². The van der Waals surface area contributed by atoms with Crippen molar-refractivity contribution in [3.8, 4) is 11.5 Å². The van der Waals surface area contributed by atoms with Crippen LogP contribution in [0.1, 0.15) is 11.8 Å². The van der Waals surface area contributed by atoms with E-state index in [0.717, 1.165) is 0 Å². The first-order valence-electron chi connectivity index (χ1n) is 9.21. The number of methoxy groups -OCH3 is 1. The van der Waals surface area contributed by atoms with Gasteiger partial charge in [-0.2, -0.15) is 5.10 Å². The molecular weight excluding hydrogens is 410 g/mol. The summed E-state index contributed by atoms with van der Waals surface area (Å²) >= 11 is 0. The first-order chi connectivity index (χ1) is 14.9. The smallest absolute Gasteiger partial charge is 0.228 e. The summed E-state index contributed by atoms with van der Waals surface area (Å²) in [6, 6.07) is 4.67. The number of phenols is 1. The molecule has 0 saturated carbocycles. The van der Waals surface area contributed by atoms with E-state index in [0.29, 0.717) is 5.56 Å². The Labute approximate surface area is 175 Å². The number of aromatic hydroxyl groups is 1. The predicted molar refractivity (Wildman–Crippen MR) is 109 cm³/mol. The lowest BCUT2D eigenvalue weighted by atomic mass is 10.1. The Hall–Kier alpha value is -3.52. The molecule has 0 spiro atoms. The zero-order valence-corrected chi connectivity index (χ0v) is 16.3. The van der Waals surface area contributed by atoms with Crippen molar-refractivity contribution < 1.29 is 29.9 Å². The summed E-state index contributed by atoms with van der Waals surface area (Å²) in [7, 11) is 1.43. The number of anilines is 2. The second-order valence-corrected chi connectivity index (χ2v) is 6.77. The van der Waals surface area contributed by atoms with Crippen LogP contribution in [0.4, 0.5) is 11.8 Å². The molecule has 0 unspecified atom stereocenters. The maximum absolute atomic E-state index is 10.5. The van der Waals surface area contributed by atoms with E-state index >= 15 is 0 Å². The fourth-order valence-electron chi connectivity index (χ4n) is 3.28. The van der Waals surface area contributed by atoms with Gasteiger partial charge in [-0.3, -0.25) is 4.57 Å². The minimum Gasteiger partial charge on any atom is -0.504 e. The third-order valence-electron chi connectivity index (χ3n) is 4.86. The maximum atomic E-state index is 10.5. The van der Waals surface area contributed by atoms with Gasteiger partial charge in [0.2, 0.25) is 5.95 Å².